The van der Waals surface area contributed by atoms with E-state index in [-0.39, 0.29) is 5.69 Å². The van der Waals surface area contributed by atoms with Gasteiger partial charge in [-0.25, -0.2) is 9.67 Å². The lowest BCUT2D eigenvalue weighted by molar-refractivity contribution is 0.111. The van der Waals surface area contributed by atoms with Gasteiger partial charge in [-0.05, 0) is 37.1 Å². The van der Waals surface area contributed by atoms with E-state index in [1.165, 1.54) is 19.3 Å². The maximum Gasteiger partial charge on any atom is 0.172 e. The zero-order valence-corrected chi connectivity index (χ0v) is 18.9. The van der Waals surface area contributed by atoms with E-state index in [1.807, 2.05) is 55.9 Å². The largest absolute Gasteiger partial charge is 0.363 e. The Bertz CT molecular complexity index is 1090. The number of benzene rings is 2. The van der Waals surface area contributed by atoms with Crippen LogP contribution in [0, 0.1) is 0 Å². The summed E-state index contributed by atoms with van der Waals surface area (Å²) in [6.07, 6.45) is 8.64. The molecule has 0 amide bonds. The molecule has 31 heavy (non-hydrogen) atoms. The van der Waals surface area contributed by atoms with Crippen molar-refractivity contribution in [3.63, 3.8) is 0 Å². The van der Waals surface area contributed by atoms with Crippen LogP contribution in [0.25, 0.3) is 16.9 Å². The highest BCUT2D eigenvalue weighted by Gasteiger charge is 2.22. The summed E-state index contributed by atoms with van der Waals surface area (Å²) in [4.78, 5) is 18.8. The minimum atomic E-state index is 0.262. The fraction of sp³-hybridized carbons (Fsp3) is 0.292. The summed E-state index contributed by atoms with van der Waals surface area (Å²) in [5.41, 5.74) is 3.00. The summed E-state index contributed by atoms with van der Waals surface area (Å²) in [5.74, 6) is 0. The highest BCUT2D eigenvalue weighted by atomic mass is 35.5. The van der Waals surface area contributed by atoms with Crippen LogP contribution in [0.5, 0.6) is 0 Å². The molecule has 2 aromatic carbocycles. The third-order valence-electron chi connectivity index (χ3n) is 5.72. The molecule has 0 aliphatic heterocycles. The van der Waals surface area contributed by atoms with Crippen molar-refractivity contribution in [2.45, 2.75) is 38.1 Å². The molecule has 3 aromatic rings. The van der Waals surface area contributed by atoms with Gasteiger partial charge in [-0.3, -0.25) is 4.79 Å². The van der Waals surface area contributed by atoms with Crippen molar-refractivity contribution >= 4 is 41.5 Å². The van der Waals surface area contributed by atoms with E-state index >= 15 is 0 Å². The summed E-state index contributed by atoms with van der Waals surface area (Å²) in [7, 11) is 2.04. The van der Waals surface area contributed by atoms with E-state index in [9.17, 15) is 4.79 Å². The normalized spacial score (nSPS) is 14.8. The molecular formula is C24H24Cl2N4O. The highest BCUT2D eigenvalue weighted by molar-refractivity contribution is 6.32. The number of carbonyl (C=O) groups is 1. The van der Waals surface area contributed by atoms with Crippen molar-refractivity contribution in [1.29, 1.82) is 0 Å². The fourth-order valence-corrected chi connectivity index (χ4v) is 4.37. The molecule has 5 nitrogen and oxygen atoms in total. The van der Waals surface area contributed by atoms with Gasteiger partial charge >= 0.3 is 0 Å². The first kappa shape index (κ1) is 21.6. The minimum Gasteiger partial charge on any atom is -0.363 e. The predicted molar refractivity (Wildman–Crippen MR) is 127 cm³/mol. The van der Waals surface area contributed by atoms with Gasteiger partial charge in [0.1, 0.15) is 11.4 Å². The monoisotopic (exact) mass is 454 g/mol. The van der Waals surface area contributed by atoms with E-state index in [1.54, 1.807) is 10.7 Å². The molecule has 1 aliphatic rings. The van der Waals surface area contributed by atoms with Crippen LogP contribution >= 0.6 is 23.2 Å². The summed E-state index contributed by atoms with van der Waals surface area (Å²) in [6, 6.07) is 15.3. The number of aliphatic imine (C=N–C) groups is 1. The molecule has 0 radical (unpaired) electrons. The number of hydrogen-bond donors (Lipinski definition) is 0. The molecule has 0 spiro atoms. The Kier molecular flexibility index (Phi) is 6.73. The van der Waals surface area contributed by atoms with Gasteiger partial charge in [-0.15, -0.1) is 0 Å². The van der Waals surface area contributed by atoms with Crippen molar-refractivity contribution in [1.82, 2.24) is 14.7 Å². The van der Waals surface area contributed by atoms with Crippen LogP contribution < -0.4 is 0 Å². The van der Waals surface area contributed by atoms with Crippen molar-refractivity contribution in [2.75, 3.05) is 7.05 Å². The van der Waals surface area contributed by atoms with Crippen LogP contribution in [-0.2, 0) is 0 Å². The Morgan fingerprint density at radius 2 is 1.77 bits per heavy atom. The first-order valence-corrected chi connectivity index (χ1v) is 11.2. The molecular weight excluding hydrogens is 431 g/mol. The van der Waals surface area contributed by atoms with Crippen LogP contribution in [0.2, 0.25) is 10.0 Å². The standard InChI is InChI=1S/C24H24Cl2N4O/c1-29(19-7-3-2-4-8-19)16-27-23-21(15-31)28-30(22-10-6-5-9-20(22)26)24(23)17-11-13-18(25)14-12-17/h5-6,9-16,19H,2-4,7-8H2,1H3. The molecule has 1 heterocycles. The van der Waals surface area contributed by atoms with Gasteiger partial charge in [0.2, 0.25) is 0 Å². The number of halogens is 2. The quantitative estimate of drug-likeness (QED) is 0.240. The van der Waals surface area contributed by atoms with Gasteiger partial charge in [0.25, 0.3) is 0 Å². The molecule has 4 rings (SSSR count). The lowest BCUT2D eigenvalue weighted by atomic mass is 9.95. The van der Waals surface area contributed by atoms with E-state index in [0.717, 1.165) is 24.7 Å². The number of rotatable bonds is 6. The highest BCUT2D eigenvalue weighted by Crippen LogP contribution is 2.37. The first-order valence-electron chi connectivity index (χ1n) is 10.4. The Labute approximate surface area is 192 Å². The Balaban J connectivity index is 1.83. The maximum atomic E-state index is 11.9. The zero-order valence-electron chi connectivity index (χ0n) is 17.3. The maximum absolute atomic E-state index is 11.9. The molecule has 1 aliphatic carbocycles. The van der Waals surface area contributed by atoms with Crippen LogP contribution in [0.3, 0.4) is 0 Å². The van der Waals surface area contributed by atoms with Gasteiger partial charge < -0.3 is 4.90 Å². The molecule has 0 atom stereocenters. The first-order chi connectivity index (χ1) is 15.1. The van der Waals surface area contributed by atoms with Crippen LogP contribution in [0.15, 0.2) is 53.5 Å². The number of nitrogens with zero attached hydrogens (tertiary/aromatic N) is 4. The summed E-state index contributed by atoms with van der Waals surface area (Å²) < 4.78 is 1.68. The van der Waals surface area contributed by atoms with E-state index in [2.05, 4.69) is 10.00 Å². The van der Waals surface area contributed by atoms with Gasteiger partial charge in [-0.2, -0.15) is 5.10 Å². The number of para-hydroxylation sites is 1. The average molecular weight is 455 g/mol. The second-order valence-corrected chi connectivity index (χ2v) is 8.62. The molecule has 1 aromatic heterocycles. The van der Waals surface area contributed by atoms with Gasteiger partial charge in [0.05, 0.1) is 17.0 Å². The predicted octanol–water partition coefficient (Wildman–Crippen LogP) is 6.58. The molecule has 1 fully saturated rings. The second-order valence-electron chi connectivity index (χ2n) is 7.77. The molecule has 0 N–H and O–H groups in total. The lowest BCUT2D eigenvalue weighted by Gasteiger charge is -2.29. The van der Waals surface area contributed by atoms with Crippen molar-refractivity contribution in [3.8, 4) is 16.9 Å². The zero-order chi connectivity index (χ0) is 21.8. The fourth-order valence-electron chi connectivity index (χ4n) is 4.03. The second kappa shape index (κ2) is 9.67. The van der Waals surface area contributed by atoms with Crippen LogP contribution in [-0.4, -0.2) is 40.4 Å². The Morgan fingerprint density at radius 3 is 2.45 bits per heavy atom. The summed E-state index contributed by atoms with van der Waals surface area (Å²) in [6.45, 7) is 0. The number of carbonyl (C=O) groups excluding carboxylic acids is 1. The lowest BCUT2D eigenvalue weighted by Crippen LogP contribution is -2.32. The van der Waals surface area contributed by atoms with E-state index in [4.69, 9.17) is 28.2 Å². The van der Waals surface area contributed by atoms with Crippen molar-refractivity contribution < 1.29 is 4.79 Å². The molecule has 0 unspecified atom stereocenters. The van der Waals surface area contributed by atoms with E-state index in [0.29, 0.717) is 33.2 Å². The van der Waals surface area contributed by atoms with Crippen molar-refractivity contribution in [2.24, 2.45) is 4.99 Å². The number of aldehydes is 1. The topological polar surface area (TPSA) is 50.5 Å². The Hall–Kier alpha value is -2.63. The Morgan fingerprint density at radius 1 is 1.06 bits per heavy atom. The smallest absolute Gasteiger partial charge is 0.172 e. The van der Waals surface area contributed by atoms with Gasteiger partial charge in [-0.1, -0.05) is 66.7 Å². The third-order valence-corrected chi connectivity index (χ3v) is 6.29. The van der Waals surface area contributed by atoms with E-state index < -0.39 is 0 Å². The van der Waals surface area contributed by atoms with Crippen LogP contribution in [0.4, 0.5) is 5.69 Å². The summed E-state index contributed by atoms with van der Waals surface area (Å²) >= 11 is 12.6. The average Bonchev–Trinajstić information content (AvgIpc) is 3.17. The number of hydrogen-bond acceptors (Lipinski definition) is 3. The molecule has 1 saturated carbocycles. The van der Waals surface area contributed by atoms with Crippen molar-refractivity contribution in [3.05, 3.63) is 64.3 Å². The number of aromatic nitrogens is 2. The van der Waals surface area contributed by atoms with Crippen LogP contribution in [0.1, 0.15) is 42.6 Å². The third kappa shape index (κ3) is 4.68. The molecule has 0 saturated heterocycles. The molecule has 0 bridgehead atoms. The molecule has 160 valence electrons. The minimum absolute atomic E-state index is 0.262. The molecule has 7 heteroatoms. The van der Waals surface area contributed by atoms with Gasteiger partial charge in [0.15, 0.2) is 12.0 Å². The SMILES string of the molecule is CN(C=Nc1c(C=O)nn(-c2ccccc2Cl)c1-c1ccc(Cl)cc1)C1CCCCC1. The summed E-state index contributed by atoms with van der Waals surface area (Å²) in [5, 5.41) is 5.71. The van der Waals surface area contributed by atoms with Gasteiger partial charge in [0, 0.05) is 23.7 Å².